The van der Waals surface area contributed by atoms with E-state index in [0.29, 0.717) is 37.5 Å². The van der Waals surface area contributed by atoms with Crippen molar-refractivity contribution in [1.82, 2.24) is 0 Å². The molecule has 0 unspecified atom stereocenters. The fourth-order valence-corrected chi connectivity index (χ4v) is 1.61. The van der Waals surface area contributed by atoms with Gasteiger partial charge < -0.3 is 15.2 Å². The predicted octanol–water partition coefficient (Wildman–Crippen LogP) is 1.49. The van der Waals surface area contributed by atoms with E-state index in [9.17, 15) is 4.39 Å². The van der Waals surface area contributed by atoms with Gasteiger partial charge in [0.2, 0.25) is 0 Å². The van der Waals surface area contributed by atoms with Crippen LogP contribution in [0.4, 0.5) is 4.39 Å². The second-order valence-electron chi connectivity index (χ2n) is 3.46. The number of hydrogen-bond donors (Lipinski definition) is 1. The summed E-state index contributed by atoms with van der Waals surface area (Å²) in [6.07, 6.45) is 1.41. The first-order valence-electron chi connectivity index (χ1n) is 5.10. The summed E-state index contributed by atoms with van der Waals surface area (Å²) in [5.74, 6) is 0.437. The number of fused-ring (bicyclic) bond motifs is 1. The molecular formula is C11H14FNO2. The van der Waals surface area contributed by atoms with E-state index in [2.05, 4.69) is 0 Å². The number of benzene rings is 1. The Hall–Kier alpha value is -1.29. The molecule has 0 saturated carbocycles. The Morgan fingerprint density at radius 1 is 1.27 bits per heavy atom. The van der Waals surface area contributed by atoms with Crippen LogP contribution in [0.15, 0.2) is 12.1 Å². The molecule has 2 rings (SSSR count). The molecule has 3 nitrogen and oxygen atoms in total. The van der Waals surface area contributed by atoms with Crippen LogP contribution >= 0.6 is 0 Å². The summed E-state index contributed by atoms with van der Waals surface area (Å²) in [6.45, 7) is 1.45. The highest BCUT2D eigenvalue weighted by Gasteiger charge is 2.18. The van der Waals surface area contributed by atoms with Crippen LogP contribution in [-0.2, 0) is 6.42 Å². The van der Waals surface area contributed by atoms with E-state index in [4.69, 9.17) is 15.2 Å². The zero-order valence-corrected chi connectivity index (χ0v) is 8.46. The lowest BCUT2D eigenvalue weighted by Crippen LogP contribution is -2.17. The first-order valence-corrected chi connectivity index (χ1v) is 5.10. The molecule has 0 amide bonds. The third-order valence-corrected chi connectivity index (χ3v) is 2.38. The van der Waals surface area contributed by atoms with Gasteiger partial charge in [0.1, 0.15) is 13.2 Å². The molecule has 0 aliphatic carbocycles. The normalized spacial score (nSPS) is 14.0. The van der Waals surface area contributed by atoms with Gasteiger partial charge in [0.25, 0.3) is 0 Å². The second-order valence-corrected chi connectivity index (χ2v) is 3.46. The Morgan fingerprint density at radius 2 is 2.07 bits per heavy atom. The smallest absolute Gasteiger partial charge is 0.197 e. The van der Waals surface area contributed by atoms with Crippen LogP contribution in [-0.4, -0.2) is 19.8 Å². The van der Waals surface area contributed by atoms with Crippen molar-refractivity contribution in [3.63, 3.8) is 0 Å². The molecule has 1 aliphatic rings. The van der Waals surface area contributed by atoms with Gasteiger partial charge >= 0.3 is 0 Å². The molecule has 1 aliphatic heterocycles. The van der Waals surface area contributed by atoms with Crippen LogP contribution in [0.25, 0.3) is 0 Å². The molecule has 0 fully saturated rings. The maximum atomic E-state index is 13.8. The van der Waals surface area contributed by atoms with Crippen LogP contribution in [0.3, 0.4) is 0 Å². The SMILES string of the molecule is NCCCc1ccc2c(c1F)OCCO2. The average molecular weight is 211 g/mol. The van der Waals surface area contributed by atoms with Crippen molar-refractivity contribution in [2.75, 3.05) is 19.8 Å². The van der Waals surface area contributed by atoms with Gasteiger partial charge in [0, 0.05) is 0 Å². The Bertz CT molecular complexity index is 355. The number of ether oxygens (including phenoxy) is 2. The molecule has 15 heavy (non-hydrogen) atoms. The Kier molecular flexibility index (Phi) is 3.06. The first-order chi connectivity index (χ1) is 7.33. The van der Waals surface area contributed by atoms with Crippen LogP contribution < -0.4 is 15.2 Å². The lowest BCUT2D eigenvalue weighted by molar-refractivity contribution is 0.164. The quantitative estimate of drug-likeness (QED) is 0.823. The van der Waals surface area contributed by atoms with E-state index in [0.717, 1.165) is 6.42 Å². The fraction of sp³-hybridized carbons (Fsp3) is 0.455. The van der Waals surface area contributed by atoms with Crippen molar-refractivity contribution in [2.45, 2.75) is 12.8 Å². The fourth-order valence-electron chi connectivity index (χ4n) is 1.61. The summed E-state index contributed by atoms with van der Waals surface area (Å²) in [7, 11) is 0. The van der Waals surface area contributed by atoms with Crippen molar-refractivity contribution in [1.29, 1.82) is 0 Å². The zero-order valence-electron chi connectivity index (χ0n) is 8.46. The number of rotatable bonds is 3. The molecule has 0 saturated heterocycles. The lowest BCUT2D eigenvalue weighted by Gasteiger charge is -2.19. The van der Waals surface area contributed by atoms with Gasteiger partial charge in [-0.15, -0.1) is 0 Å². The van der Waals surface area contributed by atoms with Gasteiger partial charge in [-0.2, -0.15) is 0 Å². The van der Waals surface area contributed by atoms with Crippen molar-refractivity contribution in [3.8, 4) is 11.5 Å². The van der Waals surface area contributed by atoms with Crippen LogP contribution in [0.2, 0.25) is 0 Å². The molecule has 1 heterocycles. The summed E-state index contributed by atoms with van der Waals surface area (Å²) >= 11 is 0. The van der Waals surface area contributed by atoms with Crippen LogP contribution in [0.5, 0.6) is 11.5 Å². The summed E-state index contributed by atoms with van der Waals surface area (Å²) < 4.78 is 24.3. The summed E-state index contributed by atoms with van der Waals surface area (Å²) in [5.41, 5.74) is 6.03. The molecule has 0 bridgehead atoms. The highest BCUT2D eigenvalue weighted by molar-refractivity contribution is 5.45. The molecule has 0 radical (unpaired) electrons. The molecule has 2 N–H and O–H groups in total. The molecule has 1 aromatic carbocycles. The van der Waals surface area contributed by atoms with Gasteiger partial charge in [0.15, 0.2) is 17.3 Å². The van der Waals surface area contributed by atoms with Crippen molar-refractivity contribution in [2.24, 2.45) is 5.73 Å². The molecule has 1 aromatic rings. The molecule has 82 valence electrons. The van der Waals surface area contributed by atoms with Gasteiger partial charge in [-0.05, 0) is 31.0 Å². The summed E-state index contributed by atoms with van der Waals surface area (Å²) in [5, 5.41) is 0. The highest BCUT2D eigenvalue weighted by Crippen LogP contribution is 2.34. The average Bonchev–Trinajstić information content (AvgIpc) is 2.29. The van der Waals surface area contributed by atoms with E-state index in [1.165, 1.54) is 0 Å². The maximum absolute atomic E-state index is 13.8. The van der Waals surface area contributed by atoms with Gasteiger partial charge in [-0.1, -0.05) is 6.07 Å². The first kappa shape index (κ1) is 10.2. The highest BCUT2D eigenvalue weighted by atomic mass is 19.1. The third kappa shape index (κ3) is 2.04. The van der Waals surface area contributed by atoms with E-state index in [1.807, 2.05) is 0 Å². The minimum Gasteiger partial charge on any atom is -0.486 e. The van der Waals surface area contributed by atoms with Gasteiger partial charge in [-0.3, -0.25) is 0 Å². The van der Waals surface area contributed by atoms with E-state index >= 15 is 0 Å². The van der Waals surface area contributed by atoms with Crippen molar-refractivity contribution < 1.29 is 13.9 Å². The van der Waals surface area contributed by atoms with E-state index in [1.54, 1.807) is 12.1 Å². The van der Waals surface area contributed by atoms with Gasteiger partial charge in [0.05, 0.1) is 0 Å². The monoisotopic (exact) mass is 211 g/mol. The molecule has 0 spiro atoms. The lowest BCUT2D eigenvalue weighted by atomic mass is 10.1. The molecular weight excluding hydrogens is 197 g/mol. The zero-order chi connectivity index (χ0) is 10.7. The Balaban J connectivity index is 2.26. The van der Waals surface area contributed by atoms with Crippen molar-refractivity contribution >= 4 is 0 Å². The largest absolute Gasteiger partial charge is 0.486 e. The van der Waals surface area contributed by atoms with E-state index < -0.39 is 0 Å². The number of hydrogen-bond acceptors (Lipinski definition) is 3. The minimum absolute atomic E-state index is 0.246. The third-order valence-electron chi connectivity index (χ3n) is 2.38. The standard InChI is InChI=1S/C11H14FNO2/c12-10-8(2-1-5-13)3-4-9-11(10)15-7-6-14-9/h3-4H,1-2,5-7,13H2. The number of nitrogens with two attached hydrogens (primary N) is 1. The topological polar surface area (TPSA) is 44.5 Å². The molecule has 0 aromatic heterocycles. The maximum Gasteiger partial charge on any atom is 0.197 e. The number of aryl methyl sites for hydroxylation is 1. The Labute approximate surface area is 88.0 Å². The van der Waals surface area contributed by atoms with Crippen LogP contribution in [0, 0.1) is 5.82 Å². The Morgan fingerprint density at radius 3 is 2.87 bits per heavy atom. The molecule has 0 atom stereocenters. The number of halogens is 1. The second kappa shape index (κ2) is 4.49. The summed E-state index contributed by atoms with van der Waals surface area (Å²) in [6, 6.07) is 3.49. The van der Waals surface area contributed by atoms with E-state index in [-0.39, 0.29) is 11.6 Å². The molecule has 4 heteroatoms. The summed E-state index contributed by atoms with van der Waals surface area (Å²) in [4.78, 5) is 0. The minimum atomic E-state index is -0.305. The predicted molar refractivity (Wildman–Crippen MR) is 54.8 cm³/mol. The van der Waals surface area contributed by atoms with Crippen molar-refractivity contribution in [3.05, 3.63) is 23.5 Å². The van der Waals surface area contributed by atoms with Gasteiger partial charge in [-0.25, -0.2) is 4.39 Å². The van der Waals surface area contributed by atoms with Crippen LogP contribution in [0.1, 0.15) is 12.0 Å².